The van der Waals surface area contributed by atoms with E-state index in [2.05, 4.69) is 27.0 Å². The fraction of sp³-hybridized carbons (Fsp3) is 0.950. The van der Waals surface area contributed by atoms with Crippen LogP contribution in [0, 0.1) is 11.8 Å². The molecular weight excluding hydrogens is 328 g/mol. The first-order valence-electron chi connectivity index (χ1n) is 10.8. The molecule has 6 nitrogen and oxygen atoms in total. The summed E-state index contributed by atoms with van der Waals surface area (Å²) in [6.45, 7) is 10.5. The molecule has 2 N–H and O–H groups in total. The Labute approximate surface area is 159 Å². The van der Waals surface area contributed by atoms with E-state index in [0.717, 1.165) is 44.0 Å². The van der Waals surface area contributed by atoms with Crippen LogP contribution in [0.3, 0.4) is 0 Å². The Kier molecular flexibility index (Phi) is 8.02. The summed E-state index contributed by atoms with van der Waals surface area (Å²) in [5, 5.41) is 13.5. The van der Waals surface area contributed by atoms with Crippen molar-refractivity contribution in [2.24, 2.45) is 16.8 Å². The van der Waals surface area contributed by atoms with E-state index in [4.69, 9.17) is 4.74 Å². The van der Waals surface area contributed by atoms with Gasteiger partial charge in [-0.1, -0.05) is 6.42 Å². The molecule has 2 heterocycles. The summed E-state index contributed by atoms with van der Waals surface area (Å²) in [7, 11) is 0. The average molecular weight is 367 g/mol. The second-order valence-corrected chi connectivity index (χ2v) is 8.29. The molecule has 26 heavy (non-hydrogen) atoms. The van der Waals surface area contributed by atoms with Gasteiger partial charge in [0.2, 0.25) is 0 Å². The second kappa shape index (κ2) is 10.5. The lowest BCUT2D eigenvalue weighted by atomic mass is 10.1. The molecule has 0 bridgehead atoms. The highest BCUT2D eigenvalue weighted by Crippen LogP contribution is 2.28. The summed E-state index contributed by atoms with van der Waals surface area (Å²) in [6, 6.07) is 0. The van der Waals surface area contributed by atoms with Crippen molar-refractivity contribution < 1.29 is 9.84 Å². The lowest BCUT2D eigenvalue weighted by molar-refractivity contribution is 0.0367. The molecule has 6 heteroatoms. The van der Waals surface area contributed by atoms with Crippen molar-refractivity contribution in [3.05, 3.63) is 0 Å². The van der Waals surface area contributed by atoms with Crippen LogP contribution in [0.25, 0.3) is 0 Å². The van der Waals surface area contributed by atoms with Gasteiger partial charge in [-0.3, -0.25) is 4.99 Å². The minimum atomic E-state index is -0.505. The Morgan fingerprint density at radius 2 is 1.96 bits per heavy atom. The summed E-state index contributed by atoms with van der Waals surface area (Å²) in [5.74, 6) is 2.43. The van der Waals surface area contributed by atoms with Crippen LogP contribution in [-0.4, -0.2) is 86.0 Å². The summed E-state index contributed by atoms with van der Waals surface area (Å²) < 4.78 is 5.58. The number of hydrogen-bond donors (Lipinski definition) is 2. The lowest BCUT2D eigenvalue weighted by Crippen LogP contribution is -2.41. The molecule has 0 aromatic carbocycles. The number of hydrogen-bond acceptors (Lipinski definition) is 4. The van der Waals surface area contributed by atoms with Gasteiger partial charge in [-0.2, -0.15) is 0 Å². The summed E-state index contributed by atoms with van der Waals surface area (Å²) in [4.78, 5) is 9.69. The van der Waals surface area contributed by atoms with E-state index in [0.29, 0.717) is 13.2 Å². The molecule has 2 atom stereocenters. The van der Waals surface area contributed by atoms with Crippen molar-refractivity contribution in [1.82, 2.24) is 15.1 Å². The van der Waals surface area contributed by atoms with E-state index in [1.807, 2.05) is 0 Å². The smallest absolute Gasteiger partial charge is 0.194 e. The maximum atomic E-state index is 10.1. The van der Waals surface area contributed by atoms with Crippen LogP contribution >= 0.6 is 0 Å². The van der Waals surface area contributed by atoms with Crippen molar-refractivity contribution in [2.45, 2.75) is 51.6 Å². The molecule has 0 spiro atoms. The van der Waals surface area contributed by atoms with Gasteiger partial charge >= 0.3 is 0 Å². The topological polar surface area (TPSA) is 60.3 Å². The SMILES string of the molecule is CCNC(=NCC(O)COCC1CC1)N1CCC(CN2CCCCC2)C1. The molecule has 3 rings (SSSR count). The molecule has 3 aliphatic rings. The number of rotatable bonds is 9. The molecule has 2 aliphatic heterocycles. The Morgan fingerprint density at radius 1 is 1.15 bits per heavy atom. The van der Waals surface area contributed by atoms with Crippen LogP contribution < -0.4 is 5.32 Å². The van der Waals surface area contributed by atoms with E-state index in [1.165, 1.54) is 58.2 Å². The van der Waals surface area contributed by atoms with Gasteiger partial charge in [-0.05, 0) is 64.0 Å². The third-order valence-corrected chi connectivity index (χ3v) is 5.70. The number of likely N-dealkylation sites (tertiary alicyclic amines) is 2. The van der Waals surface area contributed by atoms with Gasteiger partial charge in [-0.25, -0.2) is 0 Å². The van der Waals surface area contributed by atoms with Crippen LogP contribution in [0.15, 0.2) is 4.99 Å². The number of aliphatic hydroxyl groups excluding tert-OH is 1. The largest absolute Gasteiger partial charge is 0.389 e. The summed E-state index contributed by atoms with van der Waals surface area (Å²) in [6.07, 6.45) is 7.43. The highest BCUT2D eigenvalue weighted by Gasteiger charge is 2.27. The zero-order valence-corrected chi connectivity index (χ0v) is 16.5. The van der Waals surface area contributed by atoms with Crippen molar-refractivity contribution in [1.29, 1.82) is 0 Å². The Bertz CT molecular complexity index is 436. The average Bonchev–Trinajstić information content (AvgIpc) is 3.36. The Morgan fingerprint density at radius 3 is 2.69 bits per heavy atom. The quantitative estimate of drug-likeness (QED) is 0.479. The van der Waals surface area contributed by atoms with Crippen molar-refractivity contribution in [2.75, 3.05) is 59.0 Å². The number of nitrogens with zero attached hydrogens (tertiary/aromatic N) is 3. The zero-order valence-electron chi connectivity index (χ0n) is 16.5. The number of aliphatic hydroxyl groups is 1. The highest BCUT2D eigenvalue weighted by atomic mass is 16.5. The number of ether oxygens (including phenoxy) is 1. The van der Waals surface area contributed by atoms with Crippen molar-refractivity contribution in [3.8, 4) is 0 Å². The van der Waals surface area contributed by atoms with E-state index in [-0.39, 0.29) is 0 Å². The molecule has 150 valence electrons. The van der Waals surface area contributed by atoms with E-state index in [9.17, 15) is 5.11 Å². The summed E-state index contributed by atoms with van der Waals surface area (Å²) >= 11 is 0. The molecule has 1 saturated carbocycles. The fourth-order valence-corrected chi connectivity index (χ4v) is 4.01. The van der Waals surface area contributed by atoms with Crippen LogP contribution in [0.4, 0.5) is 0 Å². The van der Waals surface area contributed by atoms with Gasteiger partial charge in [0, 0.05) is 32.8 Å². The first kappa shape index (κ1) is 19.9. The van der Waals surface area contributed by atoms with Gasteiger partial charge in [0.15, 0.2) is 5.96 Å². The van der Waals surface area contributed by atoms with Gasteiger partial charge in [0.1, 0.15) is 0 Å². The standard InChI is InChI=1S/C20H38N4O2/c1-2-21-20(22-12-19(25)16-26-15-17-6-7-17)24-11-8-18(14-24)13-23-9-4-3-5-10-23/h17-19,25H,2-16H2,1H3,(H,21,22). The van der Waals surface area contributed by atoms with Gasteiger partial charge in [0.25, 0.3) is 0 Å². The molecule has 2 saturated heterocycles. The van der Waals surface area contributed by atoms with Crippen molar-refractivity contribution >= 4 is 5.96 Å². The van der Waals surface area contributed by atoms with Crippen LogP contribution in [0.5, 0.6) is 0 Å². The van der Waals surface area contributed by atoms with Crippen molar-refractivity contribution in [3.63, 3.8) is 0 Å². The molecule has 1 aliphatic carbocycles. The van der Waals surface area contributed by atoms with Gasteiger partial charge < -0.3 is 25.0 Å². The van der Waals surface area contributed by atoms with Gasteiger partial charge in [-0.15, -0.1) is 0 Å². The molecule has 3 fully saturated rings. The first-order chi connectivity index (χ1) is 12.7. The van der Waals surface area contributed by atoms with E-state index >= 15 is 0 Å². The Balaban J connectivity index is 1.40. The third-order valence-electron chi connectivity index (χ3n) is 5.70. The third kappa shape index (κ3) is 6.71. The molecule has 2 unspecified atom stereocenters. The predicted molar refractivity (Wildman–Crippen MR) is 105 cm³/mol. The molecular formula is C20H38N4O2. The molecule has 0 amide bonds. The number of piperidine rings is 1. The predicted octanol–water partition coefficient (Wildman–Crippen LogP) is 1.55. The maximum Gasteiger partial charge on any atom is 0.194 e. The fourth-order valence-electron chi connectivity index (χ4n) is 4.01. The normalized spacial score (nSPS) is 26.3. The molecule has 0 aromatic heterocycles. The van der Waals surface area contributed by atoms with Crippen LogP contribution in [-0.2, 0) is 4.74 Å². The van der Waals surface area contributed by atoms with E-state index in [1.54, 1.807) is 0 Å². The van der Waals surface area contributed by atoms with Crippen LogP contribution in [0.2, 0.25) is 0 Å². The number of guanidine groups is 1. The Hall–Kier alpha value is -0.850. The zero-order chi connectivity index (χ0) is 18.2. The molecule has 0 radical (unpaired) electrons. The number of nitrogens with one attached hydrogen (secondary N) is 1. The van der Waals surface area contributed by atoms with Gasteiger partial charge in [0.05, 0.1) is 19.3 Å². The minimum Gasteiger partial charge on any atom is -0.389 e. The lowest BCUT2D eigenvalue weighted by Gasteiger charge is -2.29. The summed E-state index contributed by atoms with van der Waals surface area (Å²) in [5.41, 5.74) is 0. The van der Waals surface area contributed by atoms with Crippen LogP contribution in [0.1, 0.15) is 45.4 Å². The monoisotopic (exact) mass is 366 g/mol. The number of aliphatic imine (C=N–C) groups is 1. The first-order valence-corrected chi connectivity index (χ1v) is 10.8. The highest BCUT2D eigenvalue weighted by molar-refractivity contribution is 5.80. The minimum absolute atomic E-state index is 0.400. The molecule has 0 aromatic rings. The van der Waals surface area contributed by atoms with E-state index < -0.39 is 6.10 Å². The maximum absolute atomic E-state index is 10.1. The second-order valence-electron chi connectivity index (χ2n) is 8.29.